The van der Waals surface area contributed by atoms with Gasteiger partial charge in [0.05, 0.1) is 19.9 Å². The van der Waals surface area contributed by atoms with E-state index < -0.39 is 0 Å². The summed E-state index contributed by atoms with van der Waals surface area (Å²) in [7, 11) is 3.19. The Labute approximate surface area is 164 Å². The number of aromatic nitrogens is 2. The van der Waals surface area contributed by atoms with Crippen LogP contribution >= 0.6 is 0 Å². The molecular formula is C22H23N3O3. The van der Waals surface area contributed by atoms with Crippen LogP contribution in [-0.2, 0) is 6.42 Å². The van der Waals surface area contributed by atoms with Crippen molar-refractivity contribution < 1.29 is 14.3 Å². The van der Waals surface area contributed by atoms with Crippen LogP contribution in [0.5, 0.6) is 11.8 Å². The largest absolute Gasteiger partial charge is 0.497 e. The van der Waals surface area contributed by atoms with Crippen LogP contribution in [0.4, 0.5) is 5.82 Å². The lowest BCUT2D eigenvalue weighted by Crippen LogP contribution is -2.08. The molecule has 0 amide bonds. The predicted octanol–water partition coefficient (Wildman–Crippen LogP) is 4.02. The third-order valence-corrected chi connectivity index (χ3v) is 4.33. The highest BCUT2D eigenvalue weighted by atomic mass is 16.5. The van der Waals surface area contributed by atoms with E-state index in [2.05, 4.69) is 15.3 Å². The molecule has 0 atom stereocenters. The van der Waals surface area contributed by atoms with Gasteiger partial charge in [-0.1, -0.05) is 30.3 Å². The number of anilines is 1. The summed E-state index contributed by atoms with van der Waals surface area (Å²) >= 11 is 0. The van der Waals surface area contributed by atoms with Gasteiger partial charge in [0, 0.05) is 23.7 Å². The molecule has 0 aliphatic carbocycles. The van der Waals surface area contributed by atoms with Crippen LogP contribution in [0.3, 0.4) is 0 Å². The number of methoxy groups -OCH3 is 2. The predicted molar refractivity (Wildman–Crippen MR) is 109 cm³/mol. The van der Waals surface area contributed by atoms with Gasteiger partial charge in [-0.3, -0.25) is 4.79 Å². The minimum Gasteiger partial charge on any atom is -0.497 e. The van der Waals surface area contributed by atoms with Crippen molar-refractivity contribution in [2.75, 3.05) is 26.1 Å². The van der Waals surface area contributed by atoms with Gasteiger partial charge in [-0.05, 0) is 37.1 Å². The number of Topliss-reactive ketones (excluding diaryl/α,β-unsaturated/α-hetero) is 1. The number of ether oxygens (including phenoxy) is 2. The molecule has 144 valence electrons. The summed E-state index contributed by atoms with van der Waals surface area (Å²) in [6.45, 7) is 2.26. The van der Waals surface area contributed by atoms with E-state index in [4.69, 9.17) is 9.47 Å². The van der Waals surface area contributed by atoms with Crippen LogP contribution in [-0.4, -0.2) is 36.5 Å². The van der Waals surface area contributed by atoms with Crippen LogP contribution in [0, 0.1) is 0 Å². The van der Waals surface area contributed by atoms with E-state index in [1.165, 1.54) is 12.7 Å². The van der Waals surface area contributed by atoms with Crippen molar-refractivity contribution in [3.8, 4) is 23.0 Å². The molecule has 1 N–H and O–H groups in total. The van der Waals surface area contributed by atoms with E-state index in [9.17, 15) is 4.79 Å². The number of benzene rings is 2. The zero-order valence-electron chi connectivity index (χ0n) is 16.2. The molecule has 28 heavy (non-hydrogen) atoms. The molecule has 0 spiro atoms. The first-order chi connectivity index (χ1) is 13.6. The molecule has 6 heteroatoms. The van der Waals surface area contributed by atoms with Gasteiger partial charge in [-0.25, -0.2) is 0 Å². The van der Waals surface area contributed by atoms with Crippen LogP contribution in [0.2, 0.25) is 0 Å². The maximum absolute atomic E-state index is 11.7. The average Bonchev–Trinajstić information content (AvgIpc) is 2.74. The molecule has 1 heterocycles. The molecule has 6 nitrogen and oxygen atoms in total. The summed E-state index contributed by atoms with van der Waals surface area (Å²) in [5.41, 5.74) is 3.38. The molecule has 0 fully saturated rings. The lowest BCUT2D eigenvalue weighted by atomic mass is 10.1. The summed E-state index contributed by atoms with van der Waals surface area (Å²) in [4.78, 5) is 20.4. The summed E-state index contributed by atoms with van der Waals surface area (Å²) in [5.74, 6) is 1.53. The summed E-state index contributed by atoms with van der Waals surface area (Å²) < 4.78 is 10.4. The first-order valence-electron chi connectivity index (χ1n) is 9.00. The monoisotopic (exact) mass is 377 g/mol. The van der Waals surface area contributed by atoms with Crippen LogP contribution in [0.25, 0.3) is 11.3 Å². The lowest BCUT2D eigenvalue weighted by Gasteiger charge is -2.10. The first-order valence-corrected chi connectivity index (χ1v) is 9.00. The van der Waals surface area contributed by atoms with Crippen molar-refractivity contribution in [2.45, 2.75) is 13.3 Å². The van der Waals surface area contributed by atoms with Gasteiger partial charge in [-0.15, -0.1) is 0 Å². The van der Waals surface area contributed by atoms with Crippen molar-refractivity contribution >= 4 is 11.6 Å². The lowest BCUT2D eigenvalue weighted by molar-refractivity contribution is 0.101. The topological polar surface area (TPSA) is 73.3 Å². The number of hydrogen-bond acceptors (Lipinski definition) is 6. The third kappa shape index (κ3) is 4.85. The number of nitrogens with zero attached hydrogens (tertiary/aromatic N) is 2. The Bertz CT molecular complexity index is 955. The van der Waals surface area contributed by atoms with Crippen LogP contribution in [0.15, 0.2) is 54.6 Å². The molecule has 0 unspecified atom stereocenters. The fourth-order valence-corrected chi connectivity index (χ4v) is 2.78. The highest BCUT2D eigenvalue weighted by Crippen LogP contribution is 2.23. The fourth-order valence-electron chi connectivity index (χ4n) is 2.78. The van der Waals surface area contributed by atoms with Crippen molar-refractivity contribution in [1.82, 2.24) is 9.97 Å². The van der Waals surface area contributed by atoms with E-state index in [0.717, 1.165) is 17.7 Å². The Balaban J connectivity index is 1.75. The van der Waals surface area contributed by atoms with Gasteiger partial charge < -0.3 is 14.8 Å². The van der Waals surface area contributed by atoms with E-state index in [1.807, 2.05) is 48.5 Å². The van der Waals surface area contributed by atoms with E-state index >= 15 is 0 Å². The Morgan fingerprint density at radius 1 is 1.00 bits per heavy atom. The van der Waals surface area contributed by atoms with Crippen molar-refractivity contribution in [2.24, 2.45) is 0 Å². The average molecular weight is 377 g/mol. The Morgan fingerprint density at radius 3 is 2.46 bits per heavy atom. The summed E-state index contributed by atoms with van der Waals surface area (Å²) in [5, 5.41) is 3.31. The van der Waals surface area contributed by atoms with Gasteiger partial charge in [0.25, 0.3) is 0 Å². The number of rotatable bonds is 8. The summed E-state index contributed by atoms with van der Waals surface area (Å²) in [6.07, 6.45) is 0.839. The van der Waals surface area contributed by atoms with E-state index in [-0.39, 0.29) is 11.8 Å². The minimum atomic E-state index is 0.0145. The molecule has 3 aromatic rings. The number of hydrogen-bond donors (Lipinski definition) is 1. The molecule has 2 aromatic carbocycles. The maximum Gasteiger partial charge on any atom is 0.318 e. The second kappa shape index (κ2) is 8.99. The number of carbonyl (C=O) groups excluding carboxylic acids is 1. The van der Waals surface area contributed by atoms with E-state index in [1.54, 1.807) is 20.1 Å². The highest BCUT2D eigenvalue weighted by Gasteiger charge is 2.09. The second-order valence-electron chi connectivity index (χ2n) is 6.29. The molecular weight excluding hydrogens is 354 g/mol. The highest BCUT2D eigenvalue weighted by molar-refractivity contribution is 5.95. The Kier molecular flexibility index (Phi) is 6.22. The summed E-state index contributed by atoms with van der Waals surface area (Å²) in [6, 6.07) is 17.5. The van der Waals surface area contributed by atoms with Crippen LogP contribution < -0.4 is 14.8 Å². The van der Waals surface area contributed by atoms with Crippen LogP contribution in [0.1, 0.15) is 22.8 Å². The second-order valence-corrected chi connectivity index (χ2v) is 6.29. The smallest absolute Gasteiger partial charge is 0.318 e. The molecule has 0 saturated heterocycles. The molecule has 0 radical (unpaired) electrons. The van der Waals surface area contributed by atoms with Crippen molar-refractivity contribution in [3.63, 3.8) is 0 Å². The van der Waals surface area contributed by atoms with Crippen molar-refractivity contribution in [1.29, 1.82) is 0 Å². The molecule has 0 aliphatic heterocycles. The van der Waals surface area contributed by atoms with Gasteiger partial charge >= 0.3 is 6.01 Å². The van der Waals surface area contributed by atoms with Gasteiger partial charge in [0.15, 0.2) is 5.78 Å². The zero-order valence-corrected chi connectivity index (χ0v) is 16.2. The van der Waals surface area contributed by atoms with Gasteiger partial charge in [0.1, 0.15) is 11.6 Å². The maximum atomic E-state index is 11.7. The molecule has 3 rings (SSSR count). The van der Waals surface area contributed by atoms with Gasteiger partial charge in [0.2, 0.25) is 0 Å². The molecule has 1 aromatic heterocycles. The number of carbonyl (C=O) groups is 1. The molecule has 0 aliphatic rings. The van der Waals surface area contributed by atoms with Gasteiger partial charge in [-0.2, -0.15) is 9.97 Å². The number of nitrogens with one attached hydrogen (secondary N) is 1. The first kappa shape index (κ1) is 19.4. The third-order valence-electron chi connectivity index (χ3n) is 4.33. The quantitative estimate of drug-likeness (QED) is 0.598. The SMILES string of the molecule is COc1ccc(CCNc2cc(-c3cccc(C(C)=O)c3)nc(OC)n2)cc1. The Morgan fingerprint density at radius 2 is 1.79 bits per heavy atom. The standard InChI is InChI=1S/C22H23N3O3/c1-15(26)17-5-4-6-18(13-17)20-14-21(25-22(24-20)28-3)23-12-11-16-7-9-19(27-2)10-8-16/h4-10,13-14H,11-12H2,1-3H3,(H,23,24,25). The Hall–Kier alpha value is -3.41. The number of ketones is 1. The van der Waals surface area contributed by atoms with E-state index in [0.29, 0.717) is 23.6 Å². The normalized spacial score (nSPS) is 10.4. The minimum absolute atomic E-state index is 0.0145. The fraction of sp³-hybridized carbons (Fsp3) is 0.227. The zero-order chi connectivity index (χ0) is 19.9. The molecule has 0 bridgehead atoms. The molecule has 0 saturated carbocycles. The van der Waals surface area contributed by atoms with Crippen molar-refractivity contribution in [3.05, 3.63) is 65.7 Å².